The van der Waals surface area contributed by atoms with Crippen LogP contribution in [0.2, 0.25) is 0 Å². The molecule has 2 aliphatic heterocycles. The van der Waals surface area contributed by atoms with Crippen molar-refractivity contribution < 1.29 is 33.0 Å². The number of halogens is 2. The van der Waals surface area contributed by atoms with Gasteiger partial charge < -0.3 is 23.4 Å². The minimum Gasteiger partial charge on any atom is -0.457 e. The molecule has 0 fully saturated rings. The Morgan fingerprint density at radius 3 is 2.75 bits per heavy atom. The number of ether oxygens (including phenoxy) is 4. The summed E-state index contributed by atoms with van der Waals surface area (Å²) in [5, 5.41) is 0. The second-order valence-electron chi connectivity index (χ2n) is 6.58. The van der Waals surface area contributed by atoms with Gasteiger partial charge in [0.05, 0.1) is 10.7 Å². The molecule has 32 heavy (non-hydrogen) atoms. The van der Waals surface area contributed by atoms with Crippen LogP contribution in [0.3, 0.4) is 0 Å². The molecule has 2 aromatic carbocycles. The van der Waals surface area contributed by atoms with E-state index in [1.165, 1.54) is 18.4 Å². The number of fused-ring (bicyclic) bond motifs is 1. The van der Waals surface area contributed by atoms with Crippen LogP contribution in [0.15, 0.2) is 72.8 Å². The minimum absolute atomic E-state index is 0.0398. The Bertz CT molecular complexity index is 1310. The van der Waals surface area contributed by atoms with Crippen molar-refractivity contribution in [2.45, 2.75) is 0 Å². The Kier molecular flexibility index (Phi) is 5.32. The summed E-state index contributed by atoms with van der Waals surface area (Å²) < 4.78 is 27.8. The van der Waals surface area contributed by atoms with Crippen molar-refractivity contribution in [1.29, 1.82) is 0 Å². The van der Waals surface area contributed by atoms with Gasteiger partial charge in [0.1, 0.15) is 0 Å². The van der Waals surface area contributed by atoms with Crippen LogP contribution in [-0.2, 0) is 9.53 Å². The maximum absolute atomic E-state index is 12.5. The van der Waals surface area contributed by atoms with Crippen LogP contribution >= 0.6 is 31.9 Å². The first-order valence-corrected chi connectivity index (χ1v) is 10.7. The van der Waals surface area contributed by atoms with Crippen molar-refractivity contribution in [3.8, 4) is 17.2 Å². The highest BCUT2D eigenvalue weighted by Crippen LogP contribution is 2.37. The number of benzene rings is 2. The topological polar surface area (TPSA) is 96.6 Å². The highest BCUT2D eigenvalue weighted by molar-refractivity contribution is 9.11. The number of hydrogen-bond donors (Lipinski definition) is 0. The first-order chi connectivity index (χ1) is 15.5. The normalized spacial score (nSPS) is 15.6. The van der Waals surface area contributed by atoms with E-state index < -0.39 is 11.9 Å². The molecular weight excluding hydrogens is 550 g/mol. The molecule has 0 amide bonds. The summed E-state index contributed by atoms with van der Waals surface area (Å²) in [4.78, 5) is 29.2. The Labute approximate surface area is 197 Å². The SMILES string of the molecule is O=C1OC(c2ccc3c(c2)OCO3)=N/C1=C/c1cc(Br)cc(Br)c1OC(=O)c1ccco1. The van der Waals surface area contributed by atoms with Gasteiger partial charge in [0.2, 0.25) is 18.5 Å². The molecule has 0 aliphatic carbocycles. The zero-order chi connectivity index (χ0) is 22.2. The Morgan fingerprint density at radius 1 is 1.09 bits per heavy atom. The molecule has 0 N–H and O–H groups in total. The van der Waals surface area contributed by atoms with Crippen LogP contribution in [0.25, 0.3) is 6.08 Å². The zero-order valence-corrected chi connectivity index (χ0v) is 19.1. The van der Waals surface area contributed by atoms with Gasteiger partial charge in [-0.25, -0.2) is 14.6 Å². The molecule has 0 radical (unpaired) electrons. The molecule has 0 spiro atoms. The third-order valence-corrected chi connectivity index (χ3v) is 5.53. The first kappa shape index (κ1) is 20.5. The monoisotopic (exact) mass is 559 g/mol. The average Bonchev–Trinajstić information content (AvgIpc) is 3.51. The molecule has 10 heteroatoms. The lowest BCUT2D eigenvalue weighted by Gasteiger charge is -2.10. The molecule has 0 atom stereocenters. The summed E-state index contributed by atoms with van der Waals surface area (Å²) in [5.41, 5.74) is 1.03. The summed E-state index contributed by atoms with van der Waals surface area (Å²) in [6.07, 6.45) is 2.85. The third kappa shape index (κ3) is 3.94. The minimum atomic E-state index is -0.684. The molecule has 8 nitrogen and oxygen atoms in total. The zero-order valence-electron chi connectivity index (χ0n) is 16.0. The number of esters is 2. The van der Waals surface area contributed by atoms with Crippen LogP contribution in [0, 0.1) is 0 Å². The van der Waals surface area contributed by atoms with Gasteiger partial charge in [0.25, 0.3) is 0 Å². The summed E-state index contributed by atoms with van der Waals surface area (Å²) in [6.45, 7) is 0.132. The number of furan rings is 1. The largest absolute Gasteiger partial charge is 0.457 e. The fourth-order valence-electron chi connectivity index (χ4n) is 3.04. The highest BCUT2D eigenvalue weighted by atomic mass is 79.9. The average molecular weight is 561 g/mol. The number of nitrogens with zero attached hydrogens (tertiary/aromatic N) is 1. The number of carbonyl (C=O) groups is 2. The molecule has 0 unspecified atom stereocenters. The predicted octanol–water partition coefficient (Wildman–Crippen LogP) is 5.10. The van der Waals surface area contributed by atoms with E-state index in [2.05, 4.69) is 36.9 Å². The second kappa shape index (κ2) is 8.29. The molecule has 0 saturated heterocycles. The van der Waals surface area contributed by atoms with Crippen molar-refractivity contribution in [2.75, 3.05) is 6.79 Å². The Hall–Kier alpha value is -3.37. The van der Waals surface area contributed by atoms with Gasteiger partial charge in [0, 0.05) is 15.6 Å². The van der Waals surface area contributed by atoms with Crippen LogP contribution in [0.5, 0.6) is 17.2 Å². The van der Waals surface area contributed by atoms with E-state index >= 15 is 0 Å². The van der Waals surface area contributed by atoms with E-state index in [0.29, 0.717) is 31.6 Å². The predicted molar refractivity (Wildman–Crippen MR) is 119 cm³/mol. The molecule has 0 saturated carbocycles. The number of rotatable bonds is 4. The van der Waals surface area contributed by atoms with E-state index in [0.717, 1.165) is 0 Å². The van der Waals surface area contributed by atoms with E-state index in [1.807, 2.05) is 0 Å². The molecule has 5 rings (SSSR count). The standard InChI is InChI=1S/C22H11Br2NO7/c23-13-6-12(19(14(24)9-13)31-22(27)17-2-1-5-28-17)7-15-21(26)32-20(25-15)11-3-4-16-18(8-11)30-10-29-16/h1-9H,10H2/b15-7+. The summed E-state index contributed by atoms with van der Waals surface area (Å²) in [6, 6.07) is 11.6. The Balaban J connectivity index is 1.50. The van der Waals surface area contributed by atoms with Crippen LogP contribution < -0.4 is 14.2 Å². The Morgan fingerprint density at radius 2 is 1.94 bits per heavy atom. The molecule has 3 heterocycles. The molecular formula is C22H11Br2NO7. The van der Waals surface area contributed by atoms with Gasteiger partial charge in [-0.1, -0.05) is 15.9 Å². The van der Waals surface area contributed by atoms with Crippen LogP contribution in [0.4, 0.5) is 0 Å². The first-order valence-electron chi connectivity index (χ1n) is 9.15. The van der Waals surface area contributed by atoms with E-state index in [1.54, 1.807) is 36.4 Å². The van der Waals surface area contributed by atoms with Gasteiger partial charge in [-0.2, -0.15) is 0 Å². The van der Waals surface area contributed by atoms with Gasteiger partial charge in [-0.15, -0.1) is 0 Å². The molecule has 1 aromatic heterocycles. The van der Waals surface area contributed by atoms with Crippen molar-refractivity contribution >= 4 is 55.8 Å². The van der Waals surface area contributed by atoms with Crippen LogP contribution in [0.1, 0.15) is 21.7 Å². The lowest BCUT2D eigenvalue weighted by atomic mass is 10.1. The summed E-state index contributed by atoms with van der Waals surface area (Å²) in [5.74, 6) is 0.192. The number of cyclic esters (lactones) is 1. The van der Waals surface area contributed by atoms with E-state index in [4.69, 9.17) is 23.4 Å². The van der Waals surface area contributed by atoms with Crippen molar-refractivity contribution in [1.82, 2.24) is 0 Å². The summed E-state index contributed by atoms with van der Waals surface area (Å²) >= 11 is 6.78. The van der Waals surface area contributed by atoms with Gasteiger partial charge >= 0.3 is 11.9 Å². The number of hydrogen-bond acceptors (Lipinski definition) is 8. The van der Waals surface area contributed by atoms with Crippen molar-refractivity contribution in [3.63, 3.8) is 0 Å². The van der Waals surface area contributed by atoms with Crippen molar-refractivity contribution in [3.05, 3.63) is 80.3 Å². The highest BCUT2D eigenvalue weighted by Gasteiger charge is 2.27. The molecule has 0 bridgehead atoms. The fraction of sp³-hybridized carbons (Fsp3) is 0.0455. The maximum atomic E-state index is 12.5. The van der Waals surface area contributed by atoms with Crippen LogP contribution in [-0.4, -0.2) is 24.6 Å². The fourth-order valence-corrected chi connectivity index (χ4v) is 4.38. The lowest BCUT2D eigenvalue weighted by Crippen LogP contribution is -2.09. The second-order valence-corrected chi connectivity index (χ2v) is 8.35. The van der Waals surface area contributed by atoms with Gasteiger partial charge in [-0.3, -0.25) is 0 Å². The lowest BCUT2D eigenvalue weighted by molar-refractivity contribution is -0.129. The van der Waals surface area contributed by atoms with Gasteiger partial charge in [0.15, 0.2) is 22.9 Å². The molecule has 160 valence electrons. The van der Waals surface area contributed by atoms with Gasteiger partial charge in [-0.05, 0) is 64.5 Å². The number of aliphatic imine (C=N–C) groups is 1. The van der Waals surface area contributed by atoms with E-state index in [9.17, 15) is 9.59 Å². The van der Waals surface area contributed by atoms with Crippen molar-refractivity contribution in [2.24, 2.45) is 4.99 Å². The molecule has 2 aliphatic rings. The molecule has 3 aromatic rings. The maximum Gasteiger partial charge on any atom is 0.379 e. The van der Waals surface area contributed by atoms with E-state index in [-0.39, 0.29) is 29.9 Å². The third-order valence-electron chi connectivity index (χ3n) is 4.49. The quantitative estimate of drug-likeness (QED) is 0.249. The number of carbonyl (C=O) groups excluding carboxylic acids is 2. The smallest absolute Gasteiger partial charge is 0.379 e. The summed E-state index contributed by atoms with van der Waals surface area (Å²) in [7, 11) is 0.